The molecule has 6 nitrogen and oxygen atoms in total. The first-order valence-corrected chi connectivity index (χ1v) is 5.67. The lowest BCUT2D eigenvalue weighted by molar-refractivity contribution is 0.481. The molecule has 0 aliphatic carbocycles. The van der Waals surface area contributed by atoms with Crippen LogP contribution in [0.4, 0.5) is 17.6 Å². The van der Waals surface area contributed by atoms with Gasteiger partial charge in [-0.05, 0) is 19.1 Å². The Balaban J connectivity index is 2.17. The number of nitrogens with two attached hydrogens (primary N) is 1. The average Bonchev–Trinajstić information content (AvgIpc) is 2.73. The second-order valence-corrected chi connectivity index (χ2v) is 4.09. The van der Waals surface area contributed by atoms with Crippen molar-refractivity contribution >= 4 is 17.6 Å². The first-order chi connectivity index (χ1) is 8.58. The monoisotopic (exact) mass is 247 g/mol. The number of nitrogens with zero attached hydrogens (tertiary/aromatic N) is 3. The van der Waals surface area contributed by atoms with Gasteiger partial charge in [0.2, 0.25) is 5.95 Å². The molecule has 96 valence electrons. The summed E-state index contributed by atoms with van der Waals surface area (Å²) in [6, 6.07) is 5.73. The first-order valence-electron chi connectivity index (χ1n) is 5.67. The molecule has 18 heavy (non-hydrogen) atoms. The maximum Gasteiger partial charge on any atom is 0.223 e. The van der Waals surface area contributed by atoms with Crippen molar-refractivity contribution in [3.63, 3.8) is 0 Å². The van der Waals surface area contributed by atoms with Gasteiger partial charge in [-0.15, -0.1) is 0 Å². The van der Waals surface area contributed by atoms with Crippen molar-refractivity contribution in [3.05, 3.63) is 29.7 Å². The number of nitrogens with one attached hydrogen (secondary N) is 1. The van der Waals surface area contributed by atoms with Gasteiger partial charge in [-0.1, -0.05) is 0 Å². The fourth-order valence-electron chi connectivity index (χ4n) is 1.66. The molecule has 0 radical (unpaired) electrons. The molecule has 0 saturated carbocycles. The van der Waals surface area contributed by atoms with Gasteiger partial charge in [-0.25, -0.2) is 0 Å². The third-order valence-corrected chi connectivity index (χ3v) is 2.57. The van der Waals surface area contributed by atoms with Gasteiger partial charge in [-0.2, -0.15) is 9.97 Å². The number of hydrogen-bond acceptors (Lipinski definition) is 6. The fourth-order valence-corrected chi connectivity index (χ4v) is 1.66. The minimum atomic E-state index is 0.249. The number of hydrogen-bond donors (Lipinski definition) is 2. The van der Waals surface area contributed by atoms with Crippen LogP contribution in [0.15, 0.2) is 22.6 Å². The van der Waals surface area contributed by atoms with Crippen molar-refractivity contribution in [2.45, 2.75) is 13.5 Å². The molecule has 2 aromatic heterocycles. The van der Waals surface area contributed by atoms with Crippen LogP contribution < -0.4 is 16.0 Å². The molecule has 0 spiro atoms. The third-order valence-electron chi connectivity index (χ3n) is 2.57. The SMILES string of the molecule is CNc1cc(N(C)Cc2ccc(C)o2)nc(N)n1. The predicted octanol–water partition coefficient (Wildman–Crippen LogP) is 1.64. The van der Waals surface area contributed by atoms with Crippen molar-refractivity contribution in [2.75, 3.05) is 30.0 Å². The molecule has 0 unspecified atom stereocenters. The van der Waals surface area contributed by atoms with Gasteiger partial charge < -0.3 is 20.4 Å². The summed E-state index contributed by atoms with van der Waals surface area (Å²) in [5.74, 6) is 3.48. The lowest BCUT2D eigenvalue weighted by Crippen LogP contribution is -2.18. The van der Waals surface area contributed by atoms with Gasteiger partial charge in [0, 0.05) is 20.2 Å². The zero-order valence-corrected chi connectivity index (χ0v) is 10.8. The summed E-state index contributed by atoms with van der Waals surface area (Å²) in [6.45, 7) is 2.55. The molecule has 2 rings (SSSR count). The lowest BCUT2D eigenvalue weighted by Gasteiger charge is -2.17. The number of aryl methyl sites for hydroxylation is 1. The maximum atomic E-state index is 5.66. The van der Waals surface area contributed by atoms with E-state index in [-0.39, 0.29) is 5.95 Å². The van der Waals surface area contributed by atoms with Crippen LogP contribution in [0.1, 0.15) is 11.5 Å². The van der Waals surface area contributed by atoms with E-state index in [0.29, 0.717) is 12.4 Å². The summed E-state index contributed by atoms with van der Waals surface area (Å²) < 4.78 is 5.53. The van der Waals surface area contributed by atoms with Crippen molar-refractivity contribution in [1.82, 2.24) is 9.97 Å². The van der Waals surface area contributed by atoms with Gasteiger partial charge in [0.1, 0.15) is 23.2 Å². The van der Waals surface area contributed by atoms with Gasteiger partial charge >= 0.3 is 0 Å². The van der Waals surface area contributed by atoms with E-state index in [0.717, 1.165) is 17.3 Å². The van der Waals surface area contributed by atoms with E-state index in [1.165, 1.54) is 0 Å². The second-order valence-electron chi connectivity index (χ2n) is 4.09. The summed E-state index contributed by atoms with van der Waals surface area (Å²) >= 11 is 0. The predicted molar refractivity (Wildman–Crippen MR) is 71.5 cm³/mol. The van der Waals surface area contributed by atoms with E-state index in [4.69, 9.17) is 10.2 Å². The van der Waals surface area contributed by atoms with E-state index in [1.54, 1.807) is 7.05 Å². The molecule has 0 aliphatic heterocycles. The van der Waals surface area contributed by atoms with Crippen LogP contribution in [0.25, 0.3) is 0 Å². The number of anilines is 3. The van der Waals surface area contributed by atoms with Gasteiger partial charge in [0.05, 0.1) is 6.54 Å². The molecule has 0 atom stereocenters. The van der Waals surface area contributed by atoms with E-state index >= 15 is 0 Å². The summed E-state index contributed by atoms with van der Waals surface area (Å²) in [6.07, 6.45) is 0. The maximum absolute atomic E-state index is 5.66. The molecule has 0 bridgehead atoms. The third kappa shape index (κ3) is 2.71. The standard InChI is InChI=1S/C12H17N5O/c1-8-4-5-9(18-8)7-17(3)11-6-10(14-2)15-12(13)16-11/h4-6H,7H2,1-3H3,(H3,13,14,15,16). The number of nitrogen functional groups attached to an aromatic ring is 1. The highest BCUT2D eigenvalue weighted by Crippen LogP contribution is 2.18. The Labute approximate surface area is 106 Å². The average molecular weight is 247 g/mol. The highest BCUT2D eigenvalue weighted by molar-refractivity contribution is 5.51. The molecule has 0 saturated heterocycles. The molecule has 6 heteroatoms. The van der Waals surface area contributed by atoms with Crippen molar-refractivity contribution < 1.29 is 4.42 Å². The smallest absolute Gasteiger partial charge is 0.223 e. The van der Waals surface area contributed by atoms with Crippen molar-refractivity contribution in [3.8, 4) is 0 Å². The Morgan fingerprint density at radius 1 is 1.39 bits per heavy atom. The molecule has 2 aromatic rings. The van der Waals surface area contributed by atoms with E-state index in [9.17, 15) is 0 Å². The molecule has 0 fully saturated rings. The summed E-state index contributed by atoms with van der Waals surface area (Å²) in [7, 11) is 3.72. The van der Waals surface area contributed by atoms with Crippen LogP contribution in [0.2, 0.25) is 0 Å². The van der Waals surface area contributed by atoms with Crippen LogP contribution in [0, 0.1) is 6.92 Å². The van der Waals surface area contributed by atoms with Gasteiger partial charge in [-0.3, -0.25) is 0 Å². The quantitative estimate of drug-likeness (QED) is 0.855. The molecule has 2 heterocycles. The van der Waals surface area contributed by atoms with Crippen molar-refractivity contribution in [2.24, 2.45) is 0 Å². The molecular weight excluding hydrogens is 230 g/mol. The summed E-state index contributed by atoms with van der Waals surface area (Å²) in [5.41, 5.74) is 5.66. The van der Waals surface area contributed by atoms with Crippen molar-refractivity contribution in [1.29, 1.82) is 0 Å². The molecular formula is C12H17N5O. The number of rotatable bonds is 4. The highest BCUT2D eigenvalue weighted by Gasteiger charge is 2.09. The topological polar surface area (TPSA) is 80.2 Å². The number of aromatic nitrogens is 2. The van der Waals surface area contributed by atoms with Gasteiger partial charge in [0.25, 0.3) is 0 Å². The summed E-state index contributed by atoms with van der Waals surface area (Å²) in [4.78, 5) is 10.2. The minimum absolute atomic E-state index is 0.249. The Hall–Kier alpha value is -2.24. The van der Waals surface area contributed by atoms with Gasteiger partial charge in [0.15, 0.2) is 0 Å². The first kappa shape index (κ1) is 12.2. The van der Waals surface area contributed by atoms with Crippen LogP contribution >= 0.6 is 0 Å². The van der Waals surface area contributed by atoms with Crippen LogP contribution in [-0.4, -0.2) is 24.1 Å². The normalized spacial score (nSPS) is 10.4. The number of furan rings is 1. The fraction of sp³-hybridized carbons (Fsp3) is 0.333. The molecule has 0 aromatic carbocycles. The molecule has 0 aliphatic rings. The van der Waals surface area contributed by atoms with E-state index in [2.05, 4.69) is 15.3 Å². The van der Waals surface area contributed by atoms with Crippen LogP contribution in [-0.2, 0) is 6.54 Å². The second kappa shape index (κ2) is 4.95. The molecule has 0 amide bonds. The van der Waals surface area contributed by atoms with Crippen LogP contribution in [0.5, 0.6) is 0 Å². The Morgan fingerprint density at radius 3 is 2.78 bits per heavy atom. The highest BCUT2D eigenvalue weighted by atomic mass is 16.3. The van der Waals surface area contributed by atoms with E-state index < -0.39 is 0 Å². The van der Waals surface area contributed by atoms with E-state index in [1.807, 2.05) is 37.1 Å². The lowest BCUT2D eigenvalue weighted by atomic mass is 10.4. The largest absolute Gasteiger partial charge is 0.464 e. The summed E-state index contributed by atoms with van der Waals surface area (Å²) in [5, 5.41) is 2.95. The molecule has 3 N–H and O–H groups in total. The minimum Gasteiger partial charge on any atom is -0.464 e. The zero-order valence-electron chi connectivity index (χ0n) is 10.8. The Morgan fingerprint density at radius 2 is 2.17 bits per heavy atom. The van der Waals surface area contributed by atoms with Crippen LogP contribution in [0.3, 0.4) is 0 Å². The zero-order chi connectivity index (χ0) is 13.1. The Kier molecular flexibility index (Phi) is 3.36. The Bertz CT molecular complexity index is 537.